The van der Waals surface area contributed by atoms with Gasteiger partial charge in [-0.3, -0.25) is 4.79 Å². The normalized spacial score (nSPS) is 11.5. The molecular formula is C16H10Cl2F2N4O3S. The number of rotatable bonds is 4. The number of aromatic nitrogens is 3. The summed E-state index contributed by atoms with van der Waals surface area (Å²) < 4.78 is 54.3. The van der Waals surface area contributed by atoms with Gasteiger partial charge in [0, 0.05) is 5.02 Å². The van der Waals surface area contributed by atoms with E-state index in [0.717, 1.165) is 6.07 Å². The van der Waals surface area contributed by atoms with Crippen LogP contribution in [0.15, 0.2) is 41.3 Å². The van der Waals surface area contributed by atoms with Crippen molar-refractivity contribution in [3.63, 3.8) is 0 Å². The molecule has 0 saturated carbocycles. The van der Waals surface area contributed by atoms with Crippen molar-refractivity contribution in [3.8, 4) is 5.69 Å². The zero-order valence-electron chi connectivity index (χ0n) is 14.0. The molecule has 1 heterocycles. The molecule has 3 rings (SSSR count). The lowest BCUT2D eigenvalue weighted by atomic mass is 10.3. The van der Waals surface area contributed by atoms with Crippen molar-refractivity contribution in [2.24, 2.45) is 0 Å². The molecule has 3 aromatic rings. The average molecular weight is 447 g/mol. The van der Waals surface area contributed by atoms with Crippen molar-refractivity contribution >= 4 is 39.1 Å². The topological polar surface area (TPSA) is 93.9 Å². The van der Waals surface area contributed by atoms with Gasteiger partial charge in [0.05, 0.1) is 16.4 Å². The molecule has 0 unspecified atom stereocenters. The van der Waals surface area contributed by atoms with Gasteiger partial charge in [-0.15, -0.1) is 5.10 Å². The smallest absolute Gasteiger partial charge is 0.266 e. The fourth-order valence-electron chi connectivity index (χ4n) is 2.32. The zero-order valence-corrected chi connectivity index (χ0v) is 16.3. The number of nitrogens with one attached hydrogen (secondary N) is 1. The Morgan fingerprint density at radius 1 is 1.14 bits per heavy atom. The molecule has 28 heavy (non-hydrogen) atoms. The van der Waals surface area contributed by atoms with E-state index in [0.29, 0.717) is 22.8 Å². The molecule has 12 heteroatoms. The third-order valence-corrected chi connectivity index (χ3v) is 5.56. The van der Waals surface area contributed by atoms with Gasteiger partial charge in [0.25, 0.3) is 15.9 Å². The summed E-state index contributed by atoms with van der Waals surface area (Å²) in [6.07, 6.45) is 0. The monoisotopic (exact) mass is 446 g/mol. The fourth-order valence-corrected chi connectivity index (χ4v) is 3.73. The molecule has 0 aliphatic rings. The SMILES string of the molecule is Cc1c(C(=O)NS(=O)(=O)c2cc(F)ccc2F)nnn1-c1cc(Cl)ccc1Cl. The van der Waals surface area contributed by atoms with Crippen LogP contribution in [0, 0.1) is 18.6 Å². The summed E-state index contributed by atoms with van der Waals surface area (Å²) in [5, 5.41) is 8.04. The van der Waals surface area contributed by atoms with Gasteiger partial charge in [-0.05, 0) is 43.3 Å². The minimum absolute atomic E-state index is 0.150. The third-order valence-electron chi connectivity index (χ3n) is 3.66. The number of halogens is 4. The molecule has 0 saturated heterocycles. The van der Waals surface area contributed by atoms with E-state index < -0.39 is 32.5 Å². The number of sulfonamides is 1. The Morgan fingerprint density at radius 2 is 1.86 bits per heavy atom. The molecule has 1 aromatic heterocycles. The van der Waals surface area contributed by atoms with Gasteiger partial charge in [-0.25, -0.2) is 26.6 Å². The lowest BCUT2D eigenvalue weighted by Gasteiger charge is -2.08. The largest absolute Gasteiger partial charge is 0.287 e. The van der Waals surface area contributed by atoms with E-state index in [1.807, 2.05) is 0 Å². The lowest BCUT2D eigenvalue weighted by Crippen LogP contribution is -2.32. The van der Waals surface area contributed by atoms with Crippen LogP contribution in [-0.2, 0) is 10.0 Å². The van der Waals surface area contributed by atoms with E-state index in [1.165, 1.54) is 23.7 Å². The number of amides is 1. The molecule has 146 valence electrons. The fraction of sp³-hybridized carbons (Fsp3) is 0.0625. The summed E-state index contributed by atoms with van der Waals surface area (Å²) in [7, 11) is -4.69. The van der Waals surface area contributed by atoms with Crippen LogP contribution in [0.3, 0.4) is 0 Å². The van der Waals surface area contributed by atoms with Gasteiger partial charge in [-0.1, -0.05) is 28.4 Å². The molecule has 0 aliphatic carbocycles. The highest BCUT2D eigenvalue weighted by Crippen LogP contribution is 2.25. The second-order valence-electron chi connectivity index (χ2n) is 5.54. The highest BCUT2D eigenvalue weighted by Gasteiger charge is 2.26. The highest BCUT2D eigenvalue weighted by molar-refractivity contribution is 7.90. The molecule has 1 amide bonds. The maximum absolute atomic E-state index is 13.7. The summed E-state index contributed by atoms with van der Waals surface area (Å²) in [4.78, 5) is 11.4. The Kier molecular flexibility index (Phi) is 5.37. The van der Waals surface area contributed by atoms with E-state index >= 15 is 0 Å². The molecular weight excluding hydrogens is 437 g/mol. The van der Waals surface area contributed by atoms with Crippen molar-refractivity contribution < 1.29 is 22.0 Å². The van der Waals surface area contributed by atoms with E-state index in [1.54, 1.807) is 10.8 Å². The second kappa shape index (κ2) is 7.46. The van der Waals surface area contributed by atoms with E-state index in [9.17, 15) is 22.0 Å². The van der Waals surface area contributed by atoms with Gasteiger partial charge in [0.2, 0.25) is 0 Å². The summed E-state index contributed by atoms with van der Waals surface area (Å²) in [5.74, 6) is -3.37. The van der Waals surface area contributed by atoms with Gasteiger partial charge >= 0.3 is 0 Å². The molecule has 0 aliphatic heterocycles. The molecule has 0 bridgehead atoms. The first-order valence-electron chi connectivity index (χ1n) is 7.50. The predicted molar refractivity (Wildman–Crippen MR) is 97.1 cm³/mol. The van der Waals surface area contributed by atoms with Gasteiger partial charge < -0.3 is 0 Å². The first kappa shape index (κ1) is 20.2. The number of benzene rings is 2. The Balaban J connectivity index is 1.95. The first-order chi connectivity index (χ1) is 13.1. The maximum atomic E-state index is 13.7. The minimum Gasteiger partial charge on any atom is -0.266 e. The van der Waals surface area contributed by atoms with Crippen LogP contribution in [0.5, 0.6) is 0 Å². The number of hydrogen-bond acceptors (Lipinski definition) is 5. The Morgan fingerprint density at radius 3 is 2.57 bits per heavy atom. The van der Waals surface area contributed by atoms with Crippen LogP contribution in [0.1, 0.15) is 16.2 Å². The van der Waals surface area contributed by atoms with Crippen LogP contribution in [0.2, 0.25) is 10.0 Å². The van der Waals surface area contributed by atoms with Crippen LogP contribution in [-0.4, -0.2) is 29.3 Å². The van der Waals surface area contributed by atoms with Crippen LogP contribution in [0.25, 0.3) is 5.69 Å². The predicted octanol–water partition coefficient (Wildman–Crippen LogP) is 3.28. The van der Waals surface area contributed by atoms with Crippen molar-refractivity contribution in [3.05, 3.63) is 69.5 Å². The average Bonchev–Trinajstić information content (AvgIpc) is 3.00. The number of nitrogens with zero attached hydrogens (tertiary/aromatic N) is 3. The van der Waals surface area contributed by atoms with Crippen LogP contribution < -0.4 is 4.72 Å². The molecule has 0 atom stereocenters. The quantitative estimate of drug-likeness (QED) is 0.663. The lowest BCUT2D eigenvalue weighted by molar-refractivity contribution is 0.0976. The minimum atomic E-state index is -4.69. The molecule has 0 spiro atoms. The Bertz CT molecular complexity index is 1200. The van der Waals surface area contributed by atoms with Gasteiger partial charge in [0.15, 0.2) is 5.69 Å². The van der Waals surface area contributed by atoms with Crippen molar-refractivity contribution in [1.82, 2.24) is 19.7 Å². The highest BCUT2D eigenvalue weighted by atomic mass is 35.5. The van der Waals surface area contributed by atoms with E-state index in [4.69, 9.17) is 23.2 Å². The molecule has 0 fully saturated rings. The number of carbonyl (C=O) groups is 1. The maximum Gasteiger partial charge on any atom is 0.287 e. The molecule has 2 aromatic carbocycles. The Labute approximate surface area is 167 Å². The molecule has 7 nitrogen and oxygen atoms in total. The second-order valence-corrected chi connectivity index (χ2v) is 8.03. The van der Waals surface area contributed by atoms with E-state index in [2.05, 4.69) is 10.3 Å². The van der Waals surface area contributed by atoms with E-state index in [-0.39, 0.29) is 16.4 Å². The van der Waals surface area contributed by atoms with Crippen molar-refractivity contribution in [2.45, 2.75) is 11.8 Å². The third kappa shape index (κ3) is 3.84. The number of carbonyl (C=O) groups excluding carboxylic acids is 1. The van der Waals surface area contributed by atoms with Crippen molar-refractivity contribution in [2.75, 3.05) is 0 Å². The molecule has 1 N–H and O–H groups in total. The van der Waals surface area contributed by atoms with Gasteiger partial charge in [0.1, 0.15) is 16.5 Å². The summed E-state index contributed by atoms with van der Waals surface area (Å²) in [5.41, 5.74) is 0.116. The van der Waals surface area contributed by atoms with Crippen molar-refractivity contribution in [1.29, 1.82) is 0 Å². The number of hydrogen-bond donors (Lipinski definition) is 1. The zero-order chi connectivity index (χ0) is 20.6. The van der Waals surface area contributed by atoms with Crippen LogP contribution in [0.4, 0.5) is 8.78 Å². The summed E-state index contributed by atoms with van der Waals surface area (Å²) in [6.45, 7) is 1.45. The first-order valence-corrected chi connectivity index (χ1v) is 9.74. The Hall–Kier alpha value is -2.56. The summed E-state index contributed by atoms with van der Waals surface area (Å²) >= 11 is 12.0. The van der Waals surface area contributed by atoms with Gasteiger partial charge in [-0.2, -0.15) is 0 Å². The molecule has 0 radical (unpaired) electrons. The summed E-state index contributed by atoms with van der Waals surface area (Å²) in [6, 6.07) is 6.38. The standard InChI is InChI=1S/C16H10Cl2F2N4O3S/c1-8-15(21-23-24(8)13-6-9(17)2-4-11(13)18)16(25)22-28(26,27)14-7-10(19)3-5-12(14)20/h2-7H,1H3,(H,22,25). The van der Waals surface area contributed by atoms with Crippen LogP contribution >= 0.6 is 23.2 Å².